The van der Waals surface area contributed by atoms with Gasteiger partial charge in [-0.15, -0.1) is 0 Å². The van der Waals surface area contributed by atoms with Crippen LogP contribution >= 0.6 is 0 Å². The number of oxime groups is 1. The van der Waals surface area contributed by atoms with Crippen molar-refractivity contribution >= 4 is 6.34 Å². The summed E-state index contributed by atoms with van der Waals surface area (Å²) in [6.07, 6.45) is 1.25. The fourth-order valence-electron chi connectivity index (χ4n) is 0.157. The molecule has 0 aromatic rings. The minimum absolute atomic E-state index is 0.125. The highest BCUT2D eigenvalue weighted by Gasteiger charge is 1.84. The minimum atomic E-state index is 0.125. The van der Waals surface area contributed by atoms with Crippen LogP contribution in [0.2, 0.25) is 0 Å². The van der Waals surface area contributed by atoms with Crippen molar-refractivity contribution in [3.63, 3.8) is 0 Å². The van der Waals surface area contributed by atoms with E-state index in [-0.39, 0.29) is 6.10 Å². The van der Waals surface area contributed by atoms with Crippen LogP contribution in [0.4, 0.5) is 0 Å². The third kappa shape index (κ3) is 5.27. The summed E-state index contributed by atoms with van der Waals surface area (Å²) in [5, 5.41) is 3.32. The lowest BCUT2D eigenvalue weighted by Gasteiger charge is -1.97. The van der Waals surface area contributed by atoms with Crippen molar-refractivity contribution in [1.82, 2.24) is 0 Å². The molecular weight excluding hydrogens is 92.1 g/mol. The fourth-order valence-corrected chi connectivity index (χ4v) is 0.157. The van der Waals surface area contributed by atoms with E-state index in [4.69, 9.17) is 5.73 Å². The Kier molecular flexibility index (Phi) is 3.10. The van der Waals surface area contributed by atoms with E-state index in [0.717, 1.165) is 6.34 Å². The highest BCUT2D eigenvalue weighted by molar-refractivity contribution is 5.49. The molecule has 0 aliphatic heterocycles. The van der Waals surface area contributed by atoms with Crippen molar-refractivity contribution in [2.45, 2.75) is 20.0 Å². The lowest BCUT2D eigenvalue weighted by Crippen LogP contribution is -1.98. The first-order chi connectivity index (χ1) is 3.27. The molecule has 3 heteroatoms. The van der Waals surface area contributed by atoms with Gasteiger partial charge in [-0.05, 0) is 13.8 Å². The van der Waals surface area contributed by atoms with E-state index in [1.807, 2.05) is 13.8 Å². The van der Waals surface area contributed by atoms with Crippen molar-refractivity contribution in [1.29, 1.82) is 0 Å². The predicted molar refractivity (Wildman–Crippen MR) is 28.9 cm³/mol. The SMILES string of the molecule is CC(C)ON=CN. The van der Waals surface area contributed by atoms with Gasteiger partial charge in [0.15, 0.2) is 0 Å². The van der Waals surface area contributed by atoms with E-state index in [1.165, 1.54) is 0 Å². The molecule has 0 aliphatic carbocycles. The molecule has 0 saturated carbocycles. The van der Waals surface area contributed by atoms with Gasteiger partial charge < -0.3 is 10.6 Å². The first-order valence-corrected chi connectivity index (χ1v) is 2.16. The van der Waals surface area contributed by atoms with Crippen LogP contribution in [0.5, 0.6) is 0 Å². The van der Waals surface area contributed by atoms with Crippen molar-refractivity contribution in [2.24, 2.45) is 10.9 Å². The Balaban J connectivity index is 2.97. The second-order valence-corrected chi connectivity index (χ2v) is 1.41. The summed E-state index contributed by atoms with van der Waals surface area (Å²) in [5.74, 6) is 0. The van der Waals surface area contributed by atoms with E-state index < -0.39 is 0 Å². The standard InChI is InChI=1S/C4H10N2O/c1-4(2)7-6-3-5/h3-4H,1-2H3,(H2,5,6). The number of nitrogens with two attached hydrogens (primary N) is 1. The maximum Gasteiger partial charge on any atom is 0.125 e. The van der Waals surface area contributed by atoms with E-state index >= 15 is 0 Å². The van der Waals surface area contributed by atoms with E-state index in [2.05, 4.69) is 9.99 Å². The molecule has 3 nitrogen and oxygen atoms in total. The predicted octanol–water partition coefficient (Wildman–Crippen LogP) is 0.313. The van der Waals surface area contributed by atoms with Crippen molar-refractivity contribution in [3.8, 4) is 0 Å². The molecule has 0 bridgehead atoms. The van der Waals surface area contributed by atoms with Gasteiger partial charge in [0, 0.05) is 0 Å². The van der Waals surface area contributed by atoms with E-state index in [1.54, 1.807) is 0 Å². The third-order valence-corrected chi connectivity index (χ3v) is 0.333. The maximum atomic E-state index is 4.86. The largest absolute Gasteiger partial charge is 0.392 e. The molecule has 42 valence electrons. The molecule has 0 aliphatic rings. The molecule has 0 amide bonds. The average Bonchev–Trinajstić information content (AvgIpc) is 1.61. The van der Waals surface area contributed by atoms with Crippen LogP contribution in [-0.4, -0.2) is 12.4 Å². The summed E-state index contributed by atoms with van der Waals surface area (Å²) < 4.78 is 0. The lowest BCUT2D eigenvalue weighted by molar-refractivity contribution is 0.0870. The molecular formula is C4H10N2O. The van der Waals surface area contributed by atoms with Gasteiger partial charge in [-0.1, -0.05) is 5.16 Å². The molecule has 0 fully saturated rings. The van der Waals surface area contributed by atoms with Crippen LogP contribution in [0.3, 0.4) is 0 Å². The molecule has 0 rings (SSSR count). The van der Waals surface area contributed by atoms with E-state index in [9.17, 15) is 0 Å². The zero-order valence-electron chi connectivity index (χ0n) is 4.59. The van der Waals surface area contributed by atoms with Gasteiger partial charge in [-0.2, -0.15) is 0 Å². The van der Waals surface area contributed by atoms with Crippen molar-refractivity contribution in [2.75, 3.05) is 0 Å². The number of hydrogen-bond donors (Lipinski definition) is 1. The first kappa shape index (κ1) is 6.27. The molecule has 0 atom stereocenters. The molecule has 0 radical (unpaired) electrons. The molecule has 0 aromatic heterocycles. The second-order valence-electron chi connectivity index (χ2n) is 1.41. The molecule has 0 saturated heterocycles. The van der Waals surface area contributed by atoms with Crippen LogP contribution < -0.4 is 5.73 Å². The smallest absolute Gasteiger partial charge is 0.125 e. The Bertz CT molecular complexity index is 60.7. The normalized spacial score (nSPS) is 10.7. The van der Waals surface area contributed by atoms with Gasteiger partial charge in [-0.25, -0.2) is 0 Å². The first-order valence-electron chi connectivity index (χ1n) is 2.16. The summed E-state index contributed by atoms with van der Waals surface area (Å²) in [7, 11) is 0. The summed E-state index contributed by atoms with van der Waals surface area (Å²) in [6, 6.07) is 0. The Morgan fingerprint density at radius 3 is 2.43 bits per heavy atom. The Morgan fingerprint density at radius 2 is 2.29 bits per heavy atom. The van der Waals surface area contributed by atoms with Crippen LogP contribution in [-0.2, 0) is 4.84 Å². The Hall–Kier alpha value is -0.730. The van der Waals surface area contributed by atoms with Gasteiger partial charge in [0.25, 0.3) is 0 Å². The van der Waals surface area contributed by atoms with E-state index in [0.29, 0.717) is 0 Å². The van der Waals surface area contributed by atoms with Crippen LogP contribution in [0.1, 0.15) is 13.8 Å². The fraction of sp³-hybridized carbons (Fsp3) is 0.750. The molecule has 0 aromatic carbocycles. The molecule has 0 unspecified atom stereocenters. The third-order valence-electron chi connectivity index (χ3n) is 0.333. The van der Waals surface area contributed by atoms with Crippen LogP contribution in [0.15, 0.2) is 5.16 Å². The average molecular weight is 102 g/mol. The van der Waals surface area contributed by atoms with Crippen LogP contribution in [0, 0.1) is 0 Å². The van der Waals surface area contributed by atoms with Gasteiger partial charge in [0.1, 0.15) is 12.4 Å². The topological polar surface area (TPSA) is 47.6 Å². The Labute approximate surface area is 43.1 Å². The highest BCUT2D eigenvalue weighted by atomic mass is 16.6. The van der Waals surface area contributed by atoms with Crippen molar-refractivity contribution in [3.05, 3.63) is 0 Å². The zero-order chi connectivity index (χ0) is 5.70. The zero-order valence-corrected chi connectivity index (χ0v) is 4.59. The van der Waals surface area contributed by atoms with Gasteiger partial charge in [0.2, 0.25) is 0 Å². The number of hydrogen-bond acceptors (Lipinski definition) is 2. The molecule has 7 heavy (non-hydrogen) atoms. The van der Waals surface area contributed by atoms with Crippen molar-refractivity contribution < 1.29 is 4.84 Å². The molecule has 0 spiro atoms. The van der Waals surface area contributed by atoms with Gasteiger partial charge in [-0.3, -0.25) is 0 Å². The highest BCUT2D eigenvalue weighted by Crippen LogP contribution is 1.84. The summed E-state index contributed by atoms with van der Waals surface area (Å²) in [5.41, 5.74) is 4.86. The number of rotatable bonds is 2. The van der Waals surface area contributed by atoms with Gasteiger partial charge in [0.05, 0.1) is 0 Å². The van der Waals surface area contributed by atoms with Gasteiger partial charge >= 0.3 is 0 Å². The molecule has 2 N–H and O–H groups in total. The Morgan fingerprint density at radius 1 is 1.71 bits per heavy atom. The monoisotopic (exact) mass is 102 g/mol. The summed E-state index contributed by atoms with van der Waals surface area (Å²) in [6.45, 7) is 3.76. The maximum absolute atomic E-state index is 4.86. The molecule has 0 heterocycles. The van der Waals surface area contributed by atoms with Crippen LogP contribution in [0.25, 0.3) is 0 Å². The minimum Gasteiger partial charge on any atom is -0.392 e. The number of nitrogens with zero attached hydrogens (tertiary/aromatic N) is 1. The summed E-state index contributed by atoms with van der Waals surface area (Å²) in [4.78, 5) is 4.64. The lowest BCUT2D eigenvalue weighted by atomic mass is 10.5. The summed E-state index contributed by atoms with van der Waals surface area (Å²) >= 11 is 0. The second kappa shape index (κ2) is 3.46. The quantitative estimate of drug-likeness (QED) is 0.310.